The summed E-state index contributed by atoms with van der Waals surface area (Å²) >= 11 is 4.99. The SMILES string of the molecule is NCc1nc(C(=O)N(Cc2ccccc2Br)C2CC2)cs1. The Labute approximate surface area is 136 Å². The summed E-state index contributed by atoms with van der Waals surface area (Å²) in [6.45, 7) is 0.992. The van der Waals surface area contributed by atoms with E-state index in [2.05, 4.69) is 20.9 Å². The van der Waals surface area contributed by atoms with Crippen molar-refractivity contribution >= 4 is 33.2 Å². The van der Waals surface area contributed by atoms with Crippen LogP contribution in [0, 0.1) is 0 Å². The van der Waals surface area contributed by atoms with Crippen molar-refractivity contribution in [3.05, 3.63) is 50.4 Å². The maximum atomic E-state index is 12.7. The molecule has 0 aliphatic heterocycles. The Morgan fingerprint density at radius 1 is 1.43 bits per heavy atom. The van der Waals surface area contributed by atoms with Crippen LogP contribution in [0.5, 0.6) is 0 Å². The van der Waals surface area contributed by atoms with Crippen LogP contribution in [-0.4, -0.2) is 21.8 Å². The highest BCUT2D eigenvalue weighted by atomic mass is 79.9. The zero-order chi connectivity index (χ0) is 14.8. The highest BCUT2D eigenvalue weighted by Crippen LogP contribution is 2.31. The lowest BCUT2D eigenvalue weighted by Crippen LogP contribution is -2.33. The van der Waals surface area contributed by atoms with Gasteiger partial charge in [-0.25, -0.2) is 4.98 Å². The van der Waals surface area contributed by atoms with Crippen LogP contribution in [0.15, 0.2) is 34.1 Å². The van der Waals surface area contributed by atoms with Crippen molar-refractivity contribution in [3.63, 3.8) is 0 Å². The van der Waals surface area contributed by atoms with E-state index in [-0.39, 0.29) is 5.91 Å². The average molecular weight is 366 g/mol. The number of aromatic nitrogens is 1. The molecule has 2 aromatic rings. The third-order valence-electron chi connectivity index (χ3n) is 3.49. The Kier molecular flexibility index (Phi) is 4.37. The number of hydrogen-bond donors (Lipinski definition) is 1. The number of benzene rings is 1. The van der Waals surface area contributed by atoms with E-state index in [0.29, 0.717) is 24.8 Å². The first-order chi connectivity index (χ1) is 10.2. The highest BCUT2D eigenvalue weighted by molar-refractivity contribution is 9.10. The summed E-state index contributed by atoms with van der Waals surface area (Å²) in [6.07, 6.45) is 2.15. The van der Waals surface area contributed by atoms with Gasteiger partial charge in [-0.1, -0.05) is 34.1 Å². The Morgan fingerprint density at radius 2 is 2.19 bits per heavy atom. The fraction of sp³-hybridized carbons (Fsp3) is 0.333. The molecule has 0 unspecified atom stereocenters. The number of thiazole rings is 1. The predicted molar refractivity (Wildman–Crippen MR) is 87.0 cm³/mol. The molecule has 0 radical (unpaired) electrons. The van der Waals surface area contributed by atoms with Gasteiger partial charge in [0.1, 0.15) is 10.7 Å². The molecule has 0 bridgehead atoms. The van der Waals surface area contributed by atoms with E-state index in [1.54, 1.807) is 5.38 Å². The number of amides is 1. The minimum atomic E-state index is 0.00389. The number of hydrogen-bond acceptors (Lipinski definition) is 4. The van der Waals surface area contributed by atoms with Crippen molar-refractivity contribution in [2.75, 3.05) is 0 Å². The van der Waals surface area contributed by atoms with Crippen LogP contribution in [0.2, 0.25) is 0 Å². The molecule has 1 heterocycles. The number of carbonyl (C=O) groups is 1. The van der Waals surface area contributed by atoms with Gasteiger partial charge in [0.25, 0.3) is 5.91 Å². The molecular formula is C15H16BrN3OS. The molecule has 1 fully saturated rings. The van der Waals surface area contributed by atoms with E-state index >= 15 is 0 Å². The van der Waals surface area contributed by atoms with Crippen molar-refractivity contribution in [1.82, 2.24) is 9.88 Å². The second-order valence-corrected chi connectivity index (χ2v) is 6.88. The Balaban J connectivity index is 1.81. The molecule has 1 aromatic heterocycles. The van der Waals surface area contributed by atoms with Gasteiger partial charge in [-0.2, -0.15) is 0 Å². The van der Waals surface area contributed by atoms with E-state index in [0.717, 1.165) is 27.9 Å². The minimum Gasteiger partial charge on any atom is -0.330 e. The summed E-state index contributed by atoms with van der Waals surface area (Å²) < 4.78 is 1.03. The van der Waals surface area contributed by atoms with Crippen LogP contribution in [0.4, 0.5) is 0 Å². The third kappa shape index (κ3) is 3.33. The second kappa shape index (κ2) is 6.25. The fourth-order valence-corrected chi connectivity index (χ4v) is 3.27. The van der Waals surface area contributed by atoms with Crippen LogP contribution < -0.4 is 5.73 Å². The van der Waals surface area contributed by atoms with Gasteiger partial charge in [0.05, 0.1) is 0 Å². The van der Waals surface area contributed by atoms with E-state index in [1.807, 2.05) is 29.2 Å². The molecule has 0 atom stereocenters. The van der Waals surface area contributed by atoms with Crippen LogP contribution in [0.3, 0.4) is 0 Å². The molecule has 4 nitrogen and oxygen atoms in total. The molecule has 3 rings (SSSR count). The Morgan fingerprint density at radius 3 is 2.81 bits per heavy atom. The van der Waals surface area contributed by atoms with Crippen LogP contribution in [-0.2, 0) is 13.1 Å². The molecule has 1 aliphatic carbocycles. The van der Waals surface area contributed by atoms with Gasteiger partial charge in [-0.3, -0.25) is 4.79 Å². The summed E-state index contributed by atoms with van der Waals surface area (Å²) in [6, 6.07) is 8.35. The zero-order valence-corrected chi connectivity index (χ0v) is 13.9. The molecule has 2 N–H and O–H groups in total. The average Bonchev–Trinajstić information content (AvgIpc) is 3.22. The summed E-state index contributed by atoms with van der Waals surface area (Å²) in [5, 5.41) is 2.61. The summed E-state index contributed by atoms with van der Waals surface area (Å²) in [5.74, 6) is 0.00389. The summed E-state index contributed by atoms with van der Waals surface area (Å²) in [4.78, 5) is 18.9. The molecule has 1 aromatic carbocycles. The quantitative estimate of drug-likeness (QED) is 0.884. The van der Waals surface area contributed by atoms with E-state index in [9.17, 15) is 4.79 Å². The van der Waals surface area contributed by atoms with Crippen molar-refractivity contribution < 1.29 is 4.79 Å². The first-order valence-electron chi connectivity index (χ1n) is 6.88. The zero-order valence-electron chi connectivity index (χ0n) is 11.5. The van der Waals surface area contributed by atoms with Crippen molar-refractivity contribution in [2.45, 2.75) is 32.0 Å². The normalized spacial score (nSPS) is 14.2. The molecule has 1 amide bonds. The predicted octanol–water partition coefficient (Wildman–Crippen LogP) is 3.17. The summed E-state index contributed by atoms with van der Waals surface area (Å²) in [7, 11) is 0. The standard InChI is InChI=1S/C15H16BrN3OS/c16-12-4-2-1-3-10(12)8-19(11-5-6-11)15(20)13-9-21-14(7-17)18-13/h1-4,9,11H,5-8,17H2. The molecule has 110 valence electrons. The van der Waals surface area contributed by atoms with Gasteiger partial charge in [-0.15, -0.1) is 11.3 Å². The molecular weight excluding hydrogens is 350 g/mol. The Bertz CT molecular complexity index is 654. The van der Waals surface area contributed by atoms with Crippen molar-refractivity contribution in [1.29, 1.82) is 0 Å². The van der Waals surface area contributed by atoms with E-state index < -0.39 is 0 Å². The molecule has 21 heavy (non-hydrogen) atoms. The third-order valence-corrected chi connectivity index (χ3v) is 5.14. The molecule has 1 aliphatic rings. The lowest BCUT2D eigenvalue weighted by molar-refractivity contribution is 0.0724. The first-order valence-corrected chi connectivity index (χ1v) is 8.55. The van der Waals surface area contributed by atoms with Gasteiger partial charge in [0, 0.05) is 29.0 Å². The highest BCUT2D eigenvalue weighted by Gasteiger charge is 2.34. The number of carbonyl (C=O) groups excluding carboxylic acids is 1. The van der Waals surface area contributed by atoms with Crippen LogP contribution in [0.25, 0.3) is 0 Å². The largest absolute Gasteiger partial charge is 0.330 e. The molecule has 1 saturated carbocycles. The van der Waals surface area contributed by atoms with Crippen LogP contribution in [0.1, 0.15) is 33.9 Å². The van der Waals surface area contributed by atoms with Gasteiger partial charge in [0.15, 0.2) is 0 Å². The van der Waals surface area contributed by atoms with Gasteiger partial charge in [-0.05, 0) is 24.5 Å². The van der Waals surface area contributed by atoms with Gasteiger partial charge < -0.3 is 10.6 Å². The van der Waals surface area contributed by atoms with Crippen molar-refractivity contribution in [3.8, 4) is 0 Å². The number of nitrogens with zero attached hydrogens (tertiary/aromatic N) is 2. The van der Waals surface area contributed by atoms with Gasteiger partial charge >= 0.3 is 0 Å². The maximum Gasteiger partial charge on any atom is 0.273 e. The van der Waals surface area contributed by atoms with Crippen LogP contribution >= 0.6 is 27.3 Å². The maximum absolute atomic E-state index is 12.7. The number of halogens is 1. The molecule has 6 heteroatoms. The van der Waals surface area contributed by atoms with Crippen molar-refractivity contribution in [2.24, 2.45) is 5.73 Å². The summed E-state index contributed by atoms with van der Waals surface area (Å²) in [5.41, 5.74) is 7.20. The monoisotopic (exact) mass is 365 g/mol. The lowest BCUT2D eigenvalue weighted by Gasteiger charge is -2.22. The molecule has 0 spiro atoms. The van der Waals surface area contributed by atoms with Gasteiger partial charge in [0.2, 0.25) is 0 Å². The first kappa shape index (κ1) is 14.7. The minimum absolute atomic E-state index is 0.00389. The smallest absolute Gasteiger partial charge is 0.273 e. The lowest BCUT2D eigenvalue weighted by atomic mass is 10.2. The molecule has 0 saturated heterocycles. The van der Waals surface area contributed by atoms with E-state index in [1.165, 1.54) is 11.3 Å². The number of nitrogens with two attached hydrogens (primary N) is 1. The topological polar surface area (TPSA) is 59.2 Å². The Hall–Kier alpha value is -1.24. The number of rotatable bonds is 5. The second-order valence-electron chi connectivity index (χ2n) is 5.09. The fourth-order valence-electron chi connectivity index (χ4n) is 2.21. The van der Waals surface area contributed by atoms with E-state index in [4.69, 9.17) is 5.73 Å².